The molecule has 0 fully saturated rings. The van der Waals surface area contributed by atoms with Gasteiger partial charge < -0.3 is 23.7 Å². The van der Waals surface area contributed by atoms with Gasteiger partial charge in [-0.1, -0.05) is 29.5 Å². The fourth-order valence-corrected chi connectivity index (χ4v) is 5.33. The molecule has 1 aliphatic heterocycles. The molecule has 2 aromatic carbocycles. The number of benzene rings is 2. The van der Waals surface area contributed by atoms with Gasteiger partial charge >= 0.3 is 5.97 Å². The van der Waals surface area contributed by atoms with Crippen molar-refractivity contribution in [3.05, 3.63) is 78.5 Å². The number of hydrogen-bond acceptors (Lipinski definition) is 9. The number of rotatable bonds is 8. The molecular weight excluding hydrogens is 496 g/mol. The lowest BCUT2D eigenvalue weighted by Gasteiger charge is -2.25. The third kappa shape index (κ3) is 4.72. The number of carbonyl (C=O) groups is 1. The number of fused-ring (bicyclic) bond motifs is 1. The first-order valence-corrected chi connectivity index (χ1v) is 12.3. The third-order valence-electron chi connectivity index (χ3n) is 5.96. The summed E-state index contributed by atoms with van der Waals surface area (Å²) in [6.07, 6.45) is 1.74. The highest BCUT2D eigenvalue weighted by atomic mass is 32.1. The van der Waals surface area contributed by atoms with Crippen molar-refractivity contribution in [1.82, 2.24) is 4.57 Å². The molecule has 0 radical (unpaired) electrons. The maximum atomic E-state index is 13.8. The van der Waals surface area contributed by atoms with Crippen LogP contribution >= 0.6 is 11.3 Å². The van der Waals surface area contributed by atoms with Crippen molar-refractivity contribution in [3.63, 3.8) is 0 Å². The van der Waals surface area contributed by atoms with Gasteiger partial charge in [0.1, 0.15) is 0 Å². The summed E-state index contributed by atoms with van der Waals surface area (Å²) in [5.74, 6) is 1.53. The van der Waals surface area contributed by atoms with Crippen molar-refractivity contribution >= 4 is 23.4 Å². The van der Waals surface area contributed by atoms with Crippen LogP contribution in [0.2, 0.25) is 0 Å². The van der Waals surface area contributed by atoms with Gasteiger partial charge in [-0.15, -0.1) is 0 Å². The summed E-state index contributed by atoms with van der Waals surface area (Å²) in [7, 11) is 6.17. The number of hydrogen-bond donors (Lipinski definition) is 0. The van der Waals surface area contributed by atoms with E-state index in [9.17, 15) is 9.59 Å². The fourth-order valence-electron chi connectivity index (χ4n) is 4.30. The van der Waals surface area contributed by atoms with Crippen molar-refractivity contribution in [3.8, 4) is 23.0 Å². The van der Waals surface area contributed by atoms with E-state index in [0.717, 1.165) is 0 Å². The SMILES string of the molecule is CCOC(=O)C1=C(C)N=c2s/c(=C/c3cccc(OC)c3OC)c(=O)n2[C@@H]1c1ccc(OC)c(OC)c1. The fraction of sp³-hybridized carbons (Fsp3) is 0.296. The Morgan fingerprint density at radius 3 is 2.41 bits per heavy atom. The first kappa shape index (κ1) is 26.0. The molecule has 3 aromatic rings. The van der Waals surface area contributed by atoms with Gasteiger partial charge in [-0.05, 0) is 43.7 Å². The van der Waals surface area contributed by atoms with Crippen LogP contribution in [0.25, 0.3) is 6.08 Å². The summed E-state index contributed by atoms with van der Waals surface area (Å²) in [6.45, 7) is 3.66. The van der Waals surface area contributed by atoms with Crippen molar-refractivity contribution in [2.45, 2.75) is 19.9 Å². The Balaban J connectivity index is 1.99. The maximum absolute atomic E-state index is 13.8. The van der Waals surface area contributed by atoms with Gasteiger partial charge in [-0.25, -0.2) is 9.79 Å². The minimum absolute atomic E-state index is 0.189. The summed E-state index contributed by atoms with van der Waals surface area (Å²) < 4.78 is 29.1. The highest BCUT2D eigenvalue weighted by Gasteiger charge is 2.34. The van der Waals surface area contributed by atoms with Gasteiger partial charge in [-0.3, -0.25) is 9.36 Å². The molecule has 1 aromatic heterocycles. The first-order chi connectivity index (χ1) is 17.9. The molecule has 2 heterocycles. The number of esters is 1. The van der Waals surface area contributed by atoms with Crippen molar-refractivity contribution in [2.24, 2.45) is 4.99 Å². The minimum Gasteiger partial charge on any atom is -0.493 e. The number of aromatic nitrogens is 1. The van der Waals surface area contributed by atoms with Crippen molar-refractivity contribution < 1.29 is 28.5 Å². The quantitative estimate of drug-likeness (QED) is 0.418. The maximum Gasteiger partial charge on any atom is 0.338 e. The van der Waals surface area contributed by atoms with Crippen LogP contribution in [0.5, 0.6) is 23.0 Å². The standard InChI is InChI=1S/C27H28N2O7S/c1-7-36-26(31)22-15(2)28-27-29(23(22)16-11-12-18(32-3)20(13-16)34-5)25(30)21(37-27)14-17-9-8-10-19(33-4)24(17)35-6/h8-14,23H,7H2,1-6H3/b21-14+/t23-/m1/s1. The molecule has 0 spiro atoms. The lowest BCUT2D eigenvalue weighted by molar-refractivity contribution is -0.139. The van der Waals surface area contributed by atoms with Crippen LogP contribution in [0.15, 0.2) is 57.5 Å². The van der Waals surface area contributed by atoms with Crippen LogP contribution in [-0.2, 0) is 9.53 Å². The number of para-hydroxylation sites is 1. The molecule has 37 heavy (non-hydrogen) atoms. The van der Waals surface area contributed by atoms with E-state index in [1.807, 2.05) is 12.1 Å². The highest BCUT2D eigenvalue weighted by molar-refractivity contribution is 7.07. The number of carbonyl (C=O) groups excluding carboxylic acids is 1. The van der Waals surface area contributed by atoms with Crippen LogP contribution in [0.1, 0.15) is 31.0 Å². The normalized spacial score (nSPS) is 15.1. The Morgan fingerprint density at radius 1 is 1.03 bits per heavy atom. The number of allylic oxidation sites excluding steroid dienone is 1. The summed E-state index contributed by atoms with van der Waals surface area (Å²) in [4.78, 5) is 32.0. The monoisotopic (exact) mass is 524 g/mol. The molecule has 1 atom stereocenters. The zero-order valence-electron chi connectivity index (χ0n) is 21.5. The van der Waals surface area contributed by atoms with Crippen LogP contribution < -0.4 is 33.8 Å². The molecular formula is C27H28N2O7S. The minimum atomic E-state index is -0.774. The van der Waals surface area contributed by atoms with E-state index in [1.54, 1.807) is 65.5 Å². The van der Waals surface area contributed by atoms with Crippen LogP contribution in [0, 0.1) is 0 Å². The Bertz CT molecular complexity index is 1550. The van der Waals surface area contributed by atoms with E-state index in [2.05, 4.69) is 4.99 Å². The topological polar surface area (TPSA) is 97.6 Å². The van der Waals surface area contributed by atoms with E-state index >= 15 is 0 Å². The predicted molar refractivity (Wildman–Crippen MR) is 139 cm³/mol. The lowest BCUT2D eigenvalue weighted by Crippen LogP contribution is -2.40. The van der Waals surface area contributed by atoms with Crippen LogP contribution in [0.3, 0.4) is 0 Å². The van der Waals surface area contributed by atoms with E-state index in [1.165, 1.54) is 23.0 Å². The summed E-state index contributed by atoms with van der Waals surface area (Å²) in [6, 6.07) is 9.95. The zero-order chi connectivity index (χ0) is 26.7. The first-order valence-electron chi connectivity index (χ1n) is 11.5. The molecule has 0 saturated heterocycles. The molecule has 0 amide bonds. The van der Waals surface area contributed by atoms with Gasteiger partial charge in [-0.2, -0.15) is 0 Å². The highest BCUT2D eigenvalue weighted by Crippen LogP contribution is 2.36. The molecule has 0 bridgehead atoms. The molecule has 9 nitrogen and oxygen atoms in total. The molecule has 0 aliphatic carbocycles. The molecule has 4 rings (SSSR count). The molecule has 1 aliphatic rings. The van der Waals surface area contributed by atoms with Gasteiger partial charge in [0, 0.05) is 5.56 Å². The second-order valence-electron chi connectivity index (χ2n) is 8.00. The molecule has 0 N–H and O–H groups in total. The Kier molecular flexibility index (Phi) is 7.68. The van der Waals surface area contributed by atoms with Crippen LogP contribution in [0.4, 0.5) is 0 Å². The van der Waals surface area contributed by atoms with E-state index in [0.29, 0.717) is 49.2 Å². The Labute approximate surface area is 217 Å². The zero-order valence-corrected chi connectivity index (χ0v) is 22.3. The Hall–Kier alpha value is -4.05. The Morgan fingerprint density at radius 2 is 1.76 bits per heavy atom. The summed E-state index contributed by atoms with van der Waals surface area (Å²) in [5.41, 5.74) is 1.79. The molecule has 194 valence electrons. The van der Waals surface area contributed by atoms with Gasteiger partial charge in [0.15, 0.2) is 27.8 Å². The largest absolute Gasteiger partial charge is 0.493 e. The van der Waals surface area contributed by atoms with E-state index in [4.69, 9.17) is 23.7 Å². The second-order valence-corrected chi connectivity index (χ2v) is 9.01. The number of thiazole rings is 1. The lowest BCUT2D eigenvalue weighted by atomic mass is 9.95. The van der Waals surface area contributed by atoms with Crippen LogP contribution in [-0.4, -0.2) is 45.6 Å². The average Bonchev–Trinajstić information content (AvgIpc) is 3.21. The van der Waals surface area contributed by atoms with E-state index in [-0.39, 0.29) is 17.7 Å². The van der Waals surface area contributed by atoms with Crippen molar-refractivity contribution in [2.75, 3.05) is 35.0 Å². The number of methoxy groups -OCH3 is 4. The third-order valence-corrected chi connectivity index (χ3v) is 6.94. The molecule has 0 saturated carbocycles. The number of ether oxygens (including phenoxy) is 5. The van der Waals surface area contributed by atoms with E-state index < -0.39 is 12.0 Å². The van der Waals surface area contributed by atoms with Crippen molar-refractivity contribution in [1.29, 1.82) is 0 Å². The summed E-state index contributed by atoms with van der Waals surface area (Å²) in [5, 5.41) is 0. The van der Waals surface area contributed by atoms with Gasteiger partial charge in [0.25, 0.3) is 5.56 Å². The predicted octanol–water partition coefficient (Wildman–Crippen LogP) is 2.83. The van der Waals surface area contributed by atoms with Gasteiger partial charge in [0.05, 0.1) is 56.9 Å². The molecule has 0 unspecified atom stereocenters. The summed E-state index contributed by atoms with van der Waals surface area (Å²) >= 11 is 1.23. The van der Waals surface area contributed by atoms with Gasteiger partial charge in [0.2, 0.25) is 0 Å². The molecule has 10 heteroatoms. The second kappa shape index (κ2) is 10.9. The smallest absolute Gasteiger partial charge is 0.338 e. The average molecular weight is 525 g/mol. The number of nitrogens with zero attached hydrogens (tertiary/aromatic N) is 2.